The summed E-state index contributed by atoms with van der Waals surface area (Å²) in [7, 11) is 0. The van der Waals surface area contributed by atoms with Crippen LogP contribution in [0.25, 0.3) is 0 Å². The third kappa shape index (κ3) is 2.97. The molecule has 15 heavy (non-hydrogen) atoms. The summed E-state index contributed by atoms with van der Waals surface area (Å²) < 4.78 is 39.6. The highest BCUT2D eigenvalue weighted by molar-refractivity contribution is 6.30. The summed E-state index contributed by atoms with van der Waals surface area (Å²) >= 11 is 5.47. The van der Waals surface area contributed by atoms with Crippen molar-refractivity contribution in [1.29, 1.82) is 0 Å². The molecule has 0 aromatic heterocycles. The van der Waals surface area contributed by atoms with Crippen molar-refractivity contribution in [1.82, 2.24) is 0 Å². The van der Waals surface area contributed by atoms with Gasteiger partial charge in [-0.25, -0.2) is 4.79 Å². The smallest absolute Gasteiger partial charge is 0.479 e. The topological polar surface area (TPSA) is 46.5 Å². The van der Waals surface area contributed by atoms with E-state index in [1.807, 2.05) is 0 Å². The first-order chi connectivity index (χ1) is 6.75. The van der Waals surface area contributed by atoms with Crippen molar-refractivity contribution in [3.05, 3.63) is 23.3 Å². The van der Waals surface area contributed by atoms with E-state index < -0.39 is 24.4 Å². The maximum atomic E-state index is 12.0. The van der Waals surface area contributed by atoms with Crippen LogP contribution in [0.1, 0.15) is 6.42 Å². The highest BCUT2D eigenvalue weighted by atomic mass is 35.5. The molecule has 1 N–H and O–H groups in total. The highest BCUT2D eigenvalue weighted by Crippen LogP contribution is 2.35. The van der Waals surface area contributed by atoms with Gasteiger partial charge in [0.1, 0.15) is 0 Å². The molecule has 0 fully saturated rings. The van der Waals surface area contributed by atoms with Gasteiger partial charge in [0.2, 0.25) is 0 Å². The standard InChI is InChI=1S/C8H6ClF3O3/c9-5-2-1-3-7(4-5,6(13)14)15-8(10,11)12/h1-3H,4H2,(H,13,14). The van der Waals surface area contributed by atoms with E-state index in [4.69, 9.17) is 16.7 Å². The van der Waals surface area contributed by atoms with Gasteiger partial charge in [-0.2, -0.15) is 0 Å². The minimum atomic E-state index is -5.03. The molecule has 0 amide bonds. The van der Waals surface area contributed by atoms with Crippen LogP contribution < -0.4 is 0 Å². The van der Waals surface area contributed by atoms with Crippen LogP contribution in [-0.4, -0.2) is 23.0 Å². The van der Waals surface area contributed by atoms with Gasteiger partial charge in [-0.05, 0) is 12.2 Å². The van der Waals surface area contributed by atoms with Crippen molar-refractivity contribution in [3.8, 4) is 0 Å². The van der Waals surface area contributed by atoms with Crippen LogP contribution in [0.3, 0.4) is 0 Å². The van der Waals surface area contributed by atoms with E-state index in [-0.39, 0.29) is 5.03 Å². The number of hydrogen-bond donors (Lipinski definition) is 1. The lowest BCUT2D eigenvalue weighted by Crippen LogP contribution is -2.44. The van der Waals surface area contributed by atoms with Crippen LogP contribution in [0, 0.1) is 0 Å². The Labute approximate surface area is 87.8 Å². The first kappa shape index (κ1) is 12.1. The van der Waals surface area contributed by atoms with E-state index in [0.717, 1.165) is 12.2 Å². The second-order valence-electron chi connectivity index (χ2n) is 2.89. The molecule has 0 aliphatic heterocycles. The normalized spacial score (nSPS) is 26.3. The number of carboxylic acids is 1. The fraction of sp³-hybridized carbons (Fsp3) is 0.375. The van der Waals surface area contributed by atoms with Crippen LogP contribution in [0.5, 0.6) is 0 Å². The van der Waals surface area contributed by atoms with E-state index in [9.17, 15) is 18.0 Å². The molecule has 0 saturated heterocycles. The minimum absolute atomic E-state index is 0.0100. The lowest BCUT2D eigenvalue weighted by atomic mass is 9.95. The maximum Gasteiger partial charge on any atom is 0.523 e. The molecule has 1 aliphatic carbocycles. The molecule has 84 valence electrons. The summed E-state index contributed by atoms with van der Waals surface area (Å²) in [6.45, 7) is 0. The van der Waals surface area contributed by atoms with Crippen LogP contribution in [0.15, 0.2) is 23.3 Å². The number of carbonyl (C=O) groups is 1. The largest absolute Gasteiger partial charge is 0.523 e. The number of carboxylic acid groups (broad SMARTS) is 1. The zero-order valence-electron chi connectivity index (χ0n) is 7.21. The Hall–Kier alpha value is -1.01. The molecule has 1 rings (SSSR count). The summed E-state index contributed by atoms with van der Waals surface area (Å²) in [5.41, 5.74) is -2.45. The Bertz CT molecular complexity index is 335. The molecule has 1 aliphatic rings. The van der Waals surface area contributed by atoms with Crippen molar-refractivity contribution >= 4 is 17.6 Å². The van der Waals surface area contributed by atoms with Gasteiger partial charge in [0, 0.05) is 11.5 Å². The lowest BCUT2D eigenvalue weighted by molar-refractivity contribution is -0.354. The first-order valence-electron chi connectivity index (χ1n) is 3.79. The van der Waals surface area contributed by atoms with E-state index >= 15 is 0 Å². The molecule has 0 bridgehead atoms. The second kappa shape index (κ2) is 3.86. The molecule has 7 heteroatoms. The Balaban J connectivity index is 2.97. The van der Waals surface area contributed by atoms with Gasteiger partial charge in [0.15, 0.2) is 5.60 Å². The number of halogens is 4. The highest BCUT2D eigenvalue weighted by Gasteiger charge is 2.48. The quantitative estimate of drug-likeness (QED) is 0.809. The molecular weight excluding hydrogens is 237 g/mol. The van der Waals surface area contributed by atoms with E-state index in [1.54, 1.807) is 0 Å². The summed E-state index contributed by atoms with van der Waals surface area (Å²) in [5.74, 6) is -1.73. The molecule has 0 heterocycles. The predicted molar refractivity (Wildman–Crippen MR) is 45.2 cm³/mol. The van der Waals surface area contributed by atoms with Crippen molar-refractivity contribution in [3.63, 3.8) is 0 Å². The van der Waals surface area contributed by atoms with Crippen LogP contribution >= 0.6 is 11.6 Å². The van der Waals surface area contributed by atoms with Crippen molar-refractivity contribution < 1.29 is 27.8 Å². The van der Waals surface area contributed by atoms with Crippen molar-refractivity contribution in [2.45, 2.75) is 18.4 Å². The molecular formula is C8H6ClF3O3. The zero-order chi connectivity index (χ0) is 11.7. The maximum absolute atomic E-state index is 12.0. The summed E-state index contributed by atoms with van der Waals surface area (Å²) in [6, 6.07) is 0. The Morgan fingerprint density at radius 1 is 1.60 bits per heavy atom. The Morgan fingerprint density at radius 3 is 2.60 bits per heavy atom. The molecule has 0 saturated carbocycles. The number of hydrogen-bond acceptors (Lipinski definition) is 2. The van der Waals surface area contributed by atoms with Gasteiger partial charge in [0.05, 0.1) is 0 Å². The van der Waals surface area contributed by atoms with Gasteiger partial charge in [0.25, 0.3) is 0 Å². The molecule has 3 nitrogen and oxygen atoms in total. The average molecular weight is 243 g/mol. The fourth-order valence-corrected chi connectivity index (χ4v) is 1.42. The lowest BCUT2D eigenvalue weighted by Gasteiger charge is -2.28. The zero-order valence-corrected chi connectivity index (χ0v) is 7.97. The van der Waals surface area contributed by atoms with Crippen LogP contribution in [0.4, 0.5) is 13.2 Å². The number of rotatable bonds is 2. The van der Waals surface area contributed by atoms with Gasteiger partial charge in [-0.15, -0.1) is 13.2 Å². The number of alkyl halides is 3. The Morgan fingerprint density at radius 2 is 2.20 bits per heavy atom. The monoisotopic (exact) mass is 242 g/mol. The first-order valence-corrected chi connectivity index (χ1v) is 4.17. The fourth-order valence-electron chi connectivity index (χ4n) is 1.14. The van der Waals surface area contributed by atoms with Crippen molar-refractivity contribution in [2.24, 2.45) is 0 Å². The summed E-state index contributed by atoms with van der Waals surface area (Å²) in [4.78, 5) is 10.7. The molecule has 1 atom stereocenters. The molecule has 0 radical (unpaired) electrons. The van der Waals surface area contributed by atoms with Gasteiger partial charge >= 0.3 is 12.3 Å². The predicted octanol–water partition coefficient (Wildman–Crippen LogP) is 2.43. The number of ether oxygens (including phenoxy) is 1. The van der Waals surface area contributed by atoms with Gasteiger partial charge in [-0.3, -0.25) is 4.74 Å². The van der Waals surface area contributed by atoms with Crippen molar-refractivity contribution in [2.75, 3.05) is 0 Å². The SMILES string of the molecule is O=C(O)C1(OC(F)(F)F)C=CC=C(Cl)C1. The molecule has 1 unspecified atom stereocenters. The average Bonchev–Trinajstić information content (AvgIpc) is 2.00. The van der Waals surface area contributed by atoms with Crippen LogP contribution in [-0.2, 0) is 9.53 Å². The molecule has 0 aromatic carbocycles. The van der Waals surface area contributed by atoms with Gasteiger partial charge < -0.3 is 5.11 Å². The number of allylic oxidation sites excluding steroid dienone is 2. The Kier molecular flexibility index (Phi) is 3.11. The van der Waals surface area contributed by atoms with E-state index in [2.05, 4.69) is 4.74 Å². The minimum Gasteiger partial charge on any atom is -0.479 e. The second-order valence-corrected chi connectivity index (χ2v) is 3.38. The van der Waals surface area contributed by atoms with E-state index in [1.165, 1.54) is 6.08 Å². The third-order valence-electron chi connectivity index (χ3n) is 1.73. The van der Waals surface area contributed by atoms with E-state index in [0.29, 0.717) is 0 Å². The number of aliphatic carboxylic acids is 1. The molecule has 0 spiro atoms. The summed E-state index contributed by atoms with van der Waals surface area (Å²) in [5, 5.41) is 8.70. The molecule has 0 aromatic rings. The van der Waals surface area contributed by atoms with Crippen LogP contribution in [0.2, 0.25) is 0 Å². The van der Waals surface area contributed by atoms with Gasteiger partial charge in [-0.1, -0.05) is 17.7 Å². The third-order valence-corrected chi connectivity index (χ3v) is 1.99. The summed E-state index contributed by atoms with van der Waals surface area (Å²) in [6.07, 6.45) is -2.33.